The Labute approximate surface area is 207 Å². The largest absolute Gasteiger partial charge is 0.495 e. The highest BCUT2D eigenvalue weighted by molar-refractivity contribution is 5.66. The highest BCUT2D eigenvalue weighted by Gasteiger charge is 2.29. The number of ether oxygens (including phenoxy) is 1. The molecule has 0 atom stereocenters. The van der Waals surface area contributed by atoms with Crippen molar-refractivity contribution in [3.8, 4) is 5.75 Å². The van der Waals surface area contributed by atoms with E-state index in [4.69, 9.17) is 9.72 Å². The van der Waals surface area contributed by atoms with Crippen LogP contribution in [-0.2, 0) is 13.1 Å². The van der Waals surface area contributed by atoms with E-state index in [0.29, 0.717) is 25.7 Å². The summed E-state index contributed by atoms with van der Waals surface area (Å²) in [5, 5.41) is 0. The van der Waals surface area contributed by atoms with Crippen LogP contribution in [0.2, 0.25) is 0 Å². The summed E-state index contributed by atoms with van der Waals surface area (Å²) >= 11 is 0. The molecule has 0 saturated carbocycles. The van der Waals surface area contributed by atoms with Crippen molar-refractivity contribution in [2.75, 3.05) is 25.2 Å². The minimum Gasteiger partial charge on any atom is -0.495 e. The van der Waals surface area contributed by atoms with Gasteiger partial charge in [-0.05, 0) is 56.7 Å². The molecule has 0 amide bonds. The molecule has 182 valence electrons. The van der Waals surface area contributed by atoms with Crippen molar-refractivity contribution in [3.63, 3.8) is 0 Å². The Bertz CT molecular complexity index is 1270. The van der Waals surface area contributed by atoms with Crippen molar-refractivity contribution in [1.29, 1.82) is 0 Å². The average Bonchev–Trinajstić information content (AvgIpc) is 2.91. The van der Waals surface area contributed by atoms with Gasteiger partial charge in [0, 0.05) is 18.5 Å². The molecule has 1 aliphatic heterocycles. The molecule has 2 aromatic carbocycles. The van der Waals surface area contributed by atoms with E-state index >= 15 is 0 Å². The van der Waals surface area contributed by atoms with Gasteiger partial charge in [-0.25, -0.2) is 4.98 Å². The van der Waals surface area contributed by atoms with E-state index < -0.39 is 0 Å². The number of aryl methyl sites for hydroxylation is 1. The van der Waals surface area contributed by atoms with Crippen LogP contribution in [-0.4, -0.2) is 34.8 Å². The van der Waals surface area contributed by atoms with Crippen LogP contribution >= 0.6 is 0 Å². The van der Waals surface area contributed by atoms with Gasteiger partial charge in [-0.1, -0.05) is 54.1 Å². The number of hydrogen-bond acceptors (Lipinski definition) is 5. The van der Waals surface area contributed by atoms with Gasteiger partial charge in [-0.2, -0.15) is 0 Å². The molecule has 0 N–H and O–H groups in total. The third-order valence-electron chi connectivity index (χ3n) is 7.11. The van der Waals surface area contributed by atoms with Crippen LogP contribution < -0.4 is 15.2 Å². The molecular formula is C29H34N4O2. The van der Waals surface area contributed by atoms with Crippen molar-refractivity contribution >= 4 is 11.6 Å². The molecule has 0 bridgehead atoms. The zero-order valence-corrected chi connectivity index (χ0v) is 20.7. The minimum absolute atomic E-state index is 0.0397. The fraction of sp³-hybridized carbons (Fsp3) is 0.379. The van der Waals surface area contributed by atoms with Crippen LogP contribution in [0.15, 0.2) is 71.0 Å². The number of para-hydroxylation sites is 2. The summed E-state index contributed by atoms with van der Waals surface area (Å²) in [4.78, 5) is 23.3. The summed E-state index contributed by atoms with van der Waals surface area (Å²) < 4.78 is 7.53. The predicted octanol–water partition coefficient (Wildman–Crippen LogP) is 5.41. The van der Waals surface area contributed by atoms with Gasteiger partial charge in [0.2, 0.25) is 5.95 Å². The van der Waals surface area contributed by atoms with E-state index in [2.05, 4.69) is 28.0 Å². The van der Waals surface area contributed by atoms with Gasteiger partial charge in [-0.15, -0.1) is 0 Å². The molecule has 0 unspecified atom stereocenters. The molecule has 2 heterocycles. The number of hydrogen-bond donors (Lipinski definition) is 0. The molecule has 0 radical (unpaired) electrons. The molecule has 3 aromatic rings. The predicted molar refractivity (Wildman–Crippen MR) is 140 cm³/mol. The molecule has 5 rings (SSSR count). The van der Waals surface area contributed by atoms with Gasteiger partial charge in [0.15, 0.2) is 0 Å². The molecule has 2 aliphatic rings. The van der Waals surface area contributed by atoms with Gasteiger partial charge >= 0.3 is 0 Å². The summed E-state index contributed by atoms with van der Waals surface area (Å²) in [5.41, 5.74) is 5.17. The van der Waals surface area contributed by atoms with E-state index in [1.807, 2.05) is 54.0 Å². The maximum atomic E-state index is 13.8. The Morgan fingerprint density at radius 2 is 1.80 bits per heavy atom. The van der Waals surface area contributed by atoms with E-state index in [9.17, 15) is 4.79 Å². The van der Waals surface area contributed by atoms with Gasteiger partial charge < -0.3 is 4.74 Å². The molecule has 6 heteroatoms. The second kappa shape index (κ2) is 10.5. The number of methoxy groups -OCH3 is 1. The van der Waals surface area contributed by atoms with Crippen molar-refractivity contribution < 1.29 is 4.74 Å². The van der Waals surface area contributed by atoms with Crippen LogP contribution in [0.1, 0.15) is 48.9 Å². The standard InChI is InChI=1S/C29H34N4O2/c1-22-25(19-24-13-7-4-8-14-24)28(34)33-21-31(18-17-23-11-5-3-6-12-23)20-32(29(33)30-22)26-15-9-10-16-27(26)35-2/h4,7-11,13-16H,3,5-6,12,17-21H2,1-2H3. The lowest BCUT2D eigenvalue weighted by Crippen LogP contribution is -2.48. The van der Waals surface area contributed by atoms with Crippen molar-refractivity contribution in [3.05, 3.63) is 93.4 Å². The highest BCUT2D eigenvalue weighted by Crippen LogP contribution is 2.35. The summed E-state index contributed by atoms with van der Waals surface area (Å²) in [5.74, 6) is 1.46. The van der Waals surface area contributed by atoms with Gasteiger partial charge in [0.1, 0.15) is 5.75 Å². The third kappa shape index (κ3) is 5.03. The lowest BCUT2D eigenvalue weighted by Gasteiger charge is -2.39. The SMILES string of the molecule is COc1ccccc1N1CN(CCC2=CCCCC2)Cn2c1nc(C)c(Cc1ccccc1)c2=O. The Hall–Kier alpha value is -3.38. The fourth-order valence-electron chi connectivity index (χ4n) is 5.14. The van der Waals surface area contributed by atoms with Crippen LogP contribution in [0, 0.1) is 6.92 Å². The molecule has 1 aromatic heterocycles. The first-order valence-electron chi connectivity index (χ1n) is 12.6. The topological polar surface area (TPSA) is 50.6 Å². The zero-order chi connectivity index (χ0) is 24.2. The Balaban J connectivity index is 1.53. The van der Waals surface area contributed by atoms with E-state index in [1.165, 1.54) is 25.7 Å². The van der Waals surface area contributed by atoms with Gasteiger partial charge in [-0.3, -0.25) is 19.2 Å². The molecular weight excluding hydrogens is 436 g/mol. The van der Waals surface area contributed by atoms with Crippen molar-refractivity contribution in [1.82, 2.24) is 14.5 Å². The molecule has 35 heavy (non-hydrogen) atoms. The summed E-state index contributed by atoms with van der Waals surface area (Å²) in [7, 11) is 1.69. The van der Waals surface area contributed by atoms with Crippen LogP contribution in [0.3, 0.4) is 0 Å². The molecule has 0 fully saturated rings. The molecule has 0 spiro atoms. The average molecular weight is 471 g/mol. The fourth-order valence-corrected chi connectivity index (χ4v) is 5.14. The van der Waals surface area contributed by atoms with E-state index in [1.54, 1.807) is 12.7 Å². The summed E-state index contributed by atoms with van der Waals surface area (Å²) in [6.45, 7) is 4.06. The van der Waals surface area contributed by atoms with E-state index in [0.717, 1.165) is 41.2 Å². The summed E-state index contributed by atoms with van der Waals surface area (Å²) in [6, 6.07) is 18.1. The zero-order valence-electron chi connectivity index (χ0n) is 20.7. The highest BCUT2D eigenvalue weighted by atomic mass is 16.5. The lowest BCUT2D eigenvalue weighted by atomic mass is 9.97. The Morgan fingerprint density at radius 3 is 2.57 bits per heavy atom. The Morgan fingerprint density at radius 1 is 1.00 bits per heavy atom. The van der Waals surface area contributed by atoms with Crippen LogP contribution in [0.5, 0.6) is 5.75 Å². The number of rotatable bonds is 7. The molecule has 6 nitrogen and oxygen atoms in total. The smallest absolute Gasteiger partial charge is 0.259 e. The summed E-state index contributed by atoms with van der Waals surface area (Å²) in [6.07, 6.45) is 9.01. The number of allylic oxidation sites excluding steroid dienone is 1. The monoisotopic (exact) mass is 470 g/mol. The first kappa shape index (κ1) is 23.4. The normalized spacial score (nSPS) is 16.1. The maximum absolute atomic E-state index is 13.8. The number of aromatic nitrogens is 2. The number of fused-ring (bicyclic) bond motifs is 1. The van der Waals surface area contributed by atoms with Gasteiger partial charge in [0.25, 0.3) is 5.56 Å². The Kier molecular flexibility index (Phi) is 7.00. The lowest BCUT2D eigenvalue weighted by molar-refractivity contribution is 0.199. The number of anilines is 2. The third-order valence-corrected chi connectivity index (χ3v) is 7.11. The first-order chi connectivity index (χ1) is 17.1. The number of benzene rings is 2. The molecule has 1 aliphatic carbocycles. The van der Waals surface area contributed by atoms with Gasteiger partial charge in [0.05, 0.1) is 31.8 Å². The van der Waals surface area contributed by atoms with Crippen molar-refractivity contribution in [2.45, 2.75) is 52.1 Å². The molecule has 0 saturated heterocycles. The minimum atomic E-state index is 0.0397. The van der Waals surface area contributed by atoms with Crippen LogP contribution in [0.25, 0.3) is 0 Å². The number of nitrogens with zero attached hydrogens (tertiary/aromatic N) is 4. The second-order valence-electron chi connectivity index (χ2n) is 9.51. The quantitative estimate of drug-likeness (QED) is 0.432. The maximum Gasteiger partial charge on any atom is 0.259 e. The van der Waals surface area contributed by atoms with Crippen LogP contribution in [0.4, 0.5) is 11.6 Å². The van der Waals surface area contributed by atoms with E-state index in [-0.39, 0.29) is 5.56 Å². The second-order valence-corrected chi connectivity index (χ2v) is 9.51. The van der Waals surface area contributed by atoms with Crippen molar-refractivity contribution in [2.24, 2.45) is 0 Å². The first-order valence-corrected chi connectivity index (χ1v) is 12.6.